The number of aliphatic carboxylic acids is 1. The zero-order chi connectivity index (χ0) is 15.2. The van der Waals surface area contributed by atoms with Crippen LogP contribution in [0.1, 0.15) is 5.56 Å². The van der Waals surface area contributed by atoms with Crippen LogP contribution >= 0.6 is 0 Å². The average molecular weight is 287 g/mol. The van der Waals surface area contributed by atoms with Crippen molar-refractivity contribution >= 4 is 11.7 Å². The third-order valence-corrected chi connectivity index (χ3v) is 3.22. The minimum Gasteiger partial charge on any atom is -0.508 e. The molecule has 0 aliphatic carbocycles. The molecule has 0 saturated carbocycles. The molecule has 0 saturated heterocycles. The van der Waals surface area contributed by atoms with Crippen LogP contribution < -0.4 is 4.90 Å². The van der Waals surface area contributed by atoms with Gasteiger partial charge in [0.2, 0.25) is 6.23 Å². The minimum atomic E-state index is -1.63. The van der Waals surface area contributed by atoms with E-state index < -0.39 is 12.2 Å². The maximum Gasteiger partial charge on any atom is 0.354 e. The number of aliphatic hydroxyl groups is 1. The van der Waals surface area contributed by atoms with Crippen molar-refractivity contribution in [3.05, 3.63) is 60.2 Å². The molecular weight excluding hydrogens is 270 g/mol. The largest absolute Gasteiger partial charge is 0.508 e. The maximum absolute atomic E-state index is 11.1. The second-order valence-corrected chi connectivity index (χ2v) is 4.62. The van der Waals surface area contributed by atoms with Gasteiger partial charge in [-0.2, -0.15) is 0 Å². The van der Waals surface area contributed by atoms with Gasteiger partial charge in [-0.3, -0.25) is 0 Å². The maximum atomic E-state index is 11.1. The van der Waals surface area contributed by atoms with Gasteiger partial charge in [-0.25, -0.2) is 4.79 Å². The fraction of sp³-hybridized carbons (Fsp3) is 0.188. The molecule has 3 N–H and O–H groups in total. The van der Waals surface area contributed by atoms with Crippen molar-refractivity contribution in [2.24, 2.45) is 0 Å². The minimum absolute atomic E-state index is 0.162. The topological polar surface area (TPSA) is 81.0 Å². The zero-order valence-electron chi connectivity index (χ0n) is 11.4. The summed E-state index contributed by atoms with van der Waals surface area (Å²) in [5.74, 6) is -1.15. The van der Waals surface area contributed by atoms with Crippen LogP contribution in [0, 0.1) is 0 Å². The molecule has 110 valence electrons. The van der Waals surface area contributed by atoms with Crippen LogP contribution in [0.25, 0.3) is 0 Å². The van der Waals surface area contributed by atoms with E-state index in [1.54, 1.807) is 48.5 Å². The number of carbonyl (C=O) groups is 1. The summed E-state index contributed by atoms with van der Waals surface area (Å²) in [6, 6.07) is 15.7. The molecule has 0 unspecified atom stereocenters. The summed E-state index contributed by atoms with van der Waals surface area (Å²) in [6.45, 7) is 0.273. The number of carboxylic acid groups (broad SMARTS) is 1. The first kappa shape index (κ1) is 14.9. The van der Waals surface area contributed by atoms with Crippen LogP contribution in [0.3, 0.4) is 0 Å². The predicted octanol–water partition coefficient (Wildman–Crippen LogP) is 1.84. The third kappa shape index (κ3) is 3.73. The number of aromatic hydroxyl groups is 1. The molecule has 0 aliphatic heterocycles. The number of anilines is 1. The van der Waals surface area contributed by atoms with Crippen molar-refractivity contribution in [1.29, 1.82) is 0 Å². The van der Waals surface area contributed by atoms with E-state index in [0.717, 1.165) is 0 Å². The number of phenolic OH excluding ortho intramolecular Hbond substituents is 1. The molecule has 0 amide bonds. The Kier molecular flexibility index (Phi) is 4.79. The molecular formula is C16H17NO4. The lowest BCUT2D eigenvalue weighted by Crippen LogP contribution is -2.42. The number of nitrogens with zero attached hydrogens (tertiary/aromatic N) is 1. The normalized spacial score (nSPS) is 11.9. The SMILES string of the molecule is O=C(O)[C@H](O)N(CCc1ccccc1O)c1ccccc1. The number of carboxylic acids is 1. The van der Waals surface area contributed by atoms with Gasteiger partial charge < -0.3 is 20.2 Å². The van der Waals surface area contributed by atoms with Gasteiger partial charge in [-0.05, 0) is 30.2 Å². The highest BCUT2D eigenvalue weighted by Crippen LogP contribution is 2.20. The van der Waals surface area contributed by atoms with Crippen LogP contribution in [0.5, 0.6) is 5.75 Å². The number of rotatable bonds is 6. The summed E-state index contributed by atoms with van der Waals surface area (Å²) in [6.07, 6.45) is -1.20. The second kappa shape index (κ2) is 6.76. The van der Waals surface area contributed by atoms with Gasteiger partial charge in [0.1, 0.15) is 5.75 Å². The highest BCUT2D eigenvalue weighted by molar-refractivity contribution is 5.76. The highest BCUT2D eigenvalue weighted by atomic mass is 16.4. The summed E-state index contributed by atoms with van der Waals surface area (Å²) in [5, 5.41) is 28.6. The molecule has 0 radical (unpaired) electrons. The summed E-state index contributed by atoms with van der Waals surface area (Å²) >= 11 is 0. The van der Waals surface area contributed by atoms with Crippen LogP contribution in [0.4, 0.5) is 5.69 Å². The molecule has 1 atom stereocenters. The smallest absolute Gasteiger partial charge is 0.354 e. The Bertz CT molecular complexity index is 600. The first-order valence-corrected chi connectivity index (χ1v) is 6.59. The fourth-order valence-corrected chi connectivity index (χ4v) is 2.11. The van der Waals surface area contributed by atoms with Gasteiger partial charge in [0.15, 0.2) is 0 Å². The van der Waals surface area contributed by atoms with Crippen LogP contribution in [0.2, 0.25) is 0 Å². The van der Waals surface area contributed by atoms with E-state index in [1.807, 2.05) is 6.07 Å². The molecule has 0 aromatic heterocycles. The van der Waals surface area contributed by atoms with E-state index in [-0.39, 0.29) is 12.3 Å². The number of phenols is 1. The van der Waals surface area contributed by atoms with Crippen LogP contribution in [-0.4, -0.2) is 34.1 Å². The van der Waals surface area contributed by atoms with Gasteiger partial charge in [0.25, 0.3) is 0 Å². The summed E-state index contributed by atoms with van der Waals surface area (Å²) in [7, 11) is 0. The Hall–Kier alpha value is -2.53. The van der Waals surface area contributed by atoms with Crippen molar-refractivity contribution in [3.8, 4) is 5.75 Å². The lowest BCUT2D eigenvalue weighted by molar-refractivity contribution is -0.146. The Labute approximate surface area is 122 Å². The third-order valence-electron chi connectivity index (χ3n) is 3.22. The molecule has 5 heteroatoms. The van der Waals surface area contributed by atoms with Crippen molar-refractivity contribution in [2.45, 2.75) is 12.6 Å². The lowest BCUT2D eigenvalue weighted by Gasteiger charge is -2.27. The Morgan fingerprint density at radius 1 is 1.05 bits per heavy atom. The molecule has 2 rings (SSSR count). The summed E-state index contributed by atoms with van der Waals surface area (Å²) in [4.78, 5) is 12.4. The van der Waals surface area contributed by atoms with Gasteiger partial charge in [-0.1, -0.05) is 36.4 Å². The number of benzene rings is 2. The average Bonchev–Trinajstić information content (AvgIpc) is 2.50. The van der Waals surface area contributed by atoms with Crippen LogP contribution in [0.15, 0.2) is 54.6 Å². The Morgan fingerprint density at radius 3 is 2.29 bits per heavy atom. The van der Waals surface area contributed by atoms with Gasteiger partial charge >= 0.3 is 5.97 Å². The summed E-state index contributed by atoms with van der Waals surface area (Å²) < 4.78 is 0. The number of para-hydroxylation sites is 2. The molecule has 0 fully saturated rings. The van der Waals surface area contributed by atoms with E-state index in [9.17, 15) is 15.0 Å². The molecule has 5 nitrogen and oxygen atoms in total. The van der Waals surface area contributed by atoms with Crippen molar-refractivity contribution in [3.63, 3.8) is 0 Å². The van der Waals surface area contributed by atoms with Gasteiger partial charge in [-0.15, -0.1) is 0 Å². The molecule has 0 aliphatic rings. The van der Waals surface area contributed by atoms with E-state index in [4.69, 9.17) is 5.11 Å². The molecule has 2 aromatic carbocycles. The number of hydrogen-bond acceptors (Lipinski definition) is 4. The van der Waals surface area contributed by atoms with Crippen molar-refractivity contribution in [2.75, 3.05) is 11.4 Å². The molecule has 0 heterocycles. The molecule has 0 bridgehead atoms. The fourth-order valence-electron chi connectivity index (χ4n) is 2.11. The van der Waals surface area contributed by atoms with Crippen molar-refractivity contribution < 1.29 is 20.1 Å². The molecule has 0 spiro atoms. The van der Waals surface area contributed by atoms with Crippen LogP contribution in [-0.2, 0) is 11.2 Å². The Balaban J connectivity index is 2.17. The van der Waals surface area contributed by atoms with E-state index in [1.165, 1.54) is 4.90 Å². The first-order valence-electron chi connectivity index (χ1n) is 6.59. The number of hydrogen-bond donors (Lipinski definition) is 3. The summed E-state index contributed by atoms with van der Waals surface area (Å²) in [5.41, 5.74) is 1.32. The van der Waals surface area contributed by atoms with Gasteiger partial charge in [0, 0.05) is 12.2 Å². The van der Waals surface area contributed by atoms with Crippen molar-refractivity contribution in [1.82, 2.24) is 0 Å². The molecule has 2 aromatic rings. The highest BCUT2D eigenvalue weighted by Gasteiger charge is 2.23. The van der Waals surface area contributed by atoms with Gasteiger partial charge in [0.05, 0.1) is 0 Å². The second-order valence-electron chi connectivity index (χ2n) is 4.62. The number of aliphatic hydroxyl groups excluding tert-OH is 1. The van der Waals surface area contributed by atoms with E-state index in [2.05, 4.69) is 0 Å². The standard InChI is InChI=1S/C16H17NO4/c18-14-9-5-4-6-12(14)10-11-17(15(19)16(20)21)13-7-2-1-3-8-13/h1-9,15,18-19H,10-11H2,(H,20,21)/t15-/m0/s1. The Morgan fingerprint density at radius 2 is 1.67 bits per heavy atom. The van der Waals surface area contributed by atoms with E-state index in [0.29, 0.717) is 17.7 Å². The first-order chi connectivity index (χ1) is 10.1. The predicted molar refractivity (Wildman–Crippen MR) is 79.2 cm³/mol. The zero-order valence-corrected chi connectivity index (χ0v) is 11.4. The monoisotopic (exact) mass is 287 g/mol. The van der Waals surface area contributed by atoms with E-state index >= 15 is 0 Å². The quantitative estimate of drug-likeness (QED) is 0.706. The molecule has 21 heavy (non-hydrogen) atoms. The lowest BCUT2D eigenvalue weighted by atomic mass is 10.1.